The zero-order valence-corrected chi connectivity index (χ0v) is 10.3. The second-order valence-corrected chi connectivity index (χ2v) is 4.62. The Morgan fingerprint density at radius 2 is 2.29 bits per heavy atom. The van der Waals surface area contributed by atoms with Gasteiger partial charge >= 0.3 is 0 Å². The Hall–Kier alpha value is -1.36. The first-order valence-electron chi connectivity index (χ1n) is 6.07. The molecule has 1 aromatic rings. The van der Waals surface area contributed by atoms with Gasteiger partial charge in [-0.1, -0.05) is 0 Å². The second-order valence-electron chi connectivity index (χ2n) is 4.62. The van der Waals surface area contributed by atoms with Gasteiger partial charge in [0.25, 0.3) is 5.91 Å². The fraction of sp³-hybridized carbons (Fsp3) is 0.667. The van der Waals surface area contributed by atoms with Gasteiger partial charge in [0.05, 0.1) is 11.8 Å². The number of aryl methyl sites for hydroxylation is 1. The Morgan fingerprint density at radius 3 is 2.88 bits per heavy atom. The molecular weight excluding hydrogens is 218 g/mol. The van der Waals surface area contributed by atoms with Crippen LogP contribution in [0.15, 0.2) is 6.20 Å². The number of aromatic nitrogens is 2. The molecule has 1 amide bonds. The topological polar surface area (TPSA) is 67.0 Å². The Kier molecular flexibility index (Phi) is 3.78. The first kappa shape index (κ1) is 12.1. The number of hydrogen-bond donors (Lipinski definition) is 2. The molecule has 0 bridgehead atoms. The van der Waals surface area contributed by atoms with Crippen molar-refractivity contribution in [3.8, 4) is 0 Å². The monoisotopic (exact) mass is 237 g/mol. The molecule has 1 aromatic heterocycles. The largest absolute Gasteiger partial charge is 0.381 e. The average molecular weight is 237 g/mol. The fourth-order valence-corrected chi connectivity index (χ4v) is 2.20. The quantitative estimate of drug-likeness (QED) is 0.831. The molecule has 1 fully saturated rings. The summed E-state index contributed by atoms with van der Waals surface area (Å²) in [5.74, 6) is 0.468. The highest BCUT2D eigenvalue weighted by Gasteiger charge is 2.23. The first-order valence-corrected chi connectivity index (χ1v) is 6.07. The maximum Gasteiger partial charge on any atom is 0.254 e. The summed E-state index contributed by atoms with van der Waals surface area (Å²) in [5, 5.41) is 9.67. The maximum absolute atomic E-state index is 12.0. The van der Waals surface area contributed by atoms with Gasteiger partial charge in [0.1, 0.15) is 0 Å². The van der Waals surface area contributed by atoms with Crippen LogP contribution in [-0.2, 0) is 4.74 Å². The highest BCUT2D eigenvalue weighted by atomic mass is 16.5. The fourth-order valence-electron chi connectivity index (χ4n) is 2.20. The first-order chi connectivity index (χ1) is 8.18. The van der Waals surface area contributed by atoms with Crippen LogP contribution in [0.4, 0.5) is 0 Å². The Bertz CT molecular complexity index is 383. The van der Waals surface area contributed by atoms with Gasteiger partial charge < -0.3 is 10.1 Å². The molecule has 0 saturated carbocycles. The number of hydrogen-bond acceptors (Lipinski definition) is 3. The van der Waals surface area contributed by atoms with Crippen LogP contribution in [0.5, 0.6) is 0 Å². The maximum atomic E-state index is 12.0. The molecule has 1 saturated heterocycles. The van der Waals surface area contributed by atoms with Gasteiger partial charge in [-0.05, 0) is 32.6 Å². The Morgan fingerprint density at radius 1 is 1.59 bits per heavy atom. The summed E-state index contributed by atoms with van der Waals surface area (Å²) < 4.78 is 5.32. The minimum Gasteiger partial charge on any atom is -0.381 e. The molecule has 0 aromatic carbocycles. The third-order valence-electron chi connectivity index (χ3n) is 3.41. The van der Waals surface area contributed by atoms with E-state index in [0.717, 1.165) is 31.7 Å². The van der Waals surface area contributed by atoms with Crippen LogP contribution in [-0.4, -0.2) is 35.4 Å². The Labute approximate surface area is 101 Å². The lowest BCUT2D eigenvalue weighted by molar-refractivity contribution is 0.0538. The van der Waals surface area contributed by atoms with Crippen LogP contribution >= 0.6 is 0 Å². The van der Waals surface area contributed by atoms with E-state index in [1.165, 1.54) is 0 Å². The number of carbonyl (C=O) groups excluding carboxylic acids is 1. The minimum atomic E-state index is -0.0461. The summed E-state index contributed by atoms with van der Waals surface area (Å²) >= 11 is 0. The molecule has 2 heterocycles. The van der Waals surface area contributed by atoms with Crippen LogP contribution < -0.4 is 5.32 Å². The molecule has 94 valence electrons. The molecule has 1 unspecified atom stereocenters. The van der Waals surface area contributed by atoms with E-state index in [-0.39, 0.29) is 11.9 Å². The number of carbonyl (C=O) groups is 1. The normalized spacial score (nSPS) is 18.9. The summed E-state index contributed by atoms with van der Waals surface area (Å²) in [6.45, 7) is 5.51. The van der Waals surface area contributed by atoms with Crippen molar-refractivity contribution in [1.82, 2.24) is 15.5 Å². The highest BCUT2D eigenvalue weighted by molar-refractivity contribution is 5.95. The Balaban J connectivity index is 1.92. The summed E-state index contributed by atoms with van der Waals surface area (Å²) in [6, 6.07) is 0.181. The molecule has 1 aliphatic heterocycles. The van der Waals surface area contributed by atoms with Gasteiger partial charge in [-0.15, -0.1) is 0 Å². The van der Waals surface area contributed by atoms with Crippen molar-refractivity contribution in [1.29, 1.82) is 0 Å². The number of ether oxygens (including phenoxy) is 1. The molecule has 2 N–H and O–H groups in total. The van der Waals surface area contributed by atoms with Crippen LogP contribution in [0.2, 0.25) is 0 Å². The number of rotatable bonds is 3. The molecule has 0 spiro atoms. The van der Waals surface area contributed by atoms with Gasteiger partial charge in [-0.3, -0.25) is 9.89 Å². The molecule has 1 aliphatic rings. The third kappa shape index (κ3) is 2.85. The van der Waals surface area contributed by atoms with Crippen LogP contribution in [0.1, 0.15) is 35.8 Å². The van der Waals surface area contributed by atoms with Crippen molar-refractivity contribution in [2.75, 3.05) is 13.2 Å². The standard InChI is InChI=1S/C12H19N3O2/c1-8(10-3-5-17-6-4-10)14-12(16)11-7-13-15-9(11)2/h7-8,10H,3-6H2,1-2H3,(H,13,15)(H,14,16). The van der Waals surface area contributed by atoms with Gasteiger partial charge in [-0.25, -0.2) is 0 Å². The lowest BCUT2D eigenvalue weighted by Crippen LogP contribution is -2.40. The molecular formula is C12H19N3O2. The van der Waals surface area contributed by atoms with Gasteiger partial charge in [0.15, 0.2) is 0 Å². The van der Waals surface area contributed by atoms with Crippen molar-refractivity contribution >= 4 is 5.91 Å². The van der Waals surface area contributed by atoms with Crippen molar-refractivity contribution in [2.24, 2.45) is 5.92 Å². The number of nitrogens with one attached hydrogen (secondary N) is 2. The number of H-pyrrole nitrogens is 1. The third-order valence-corrected chi connectivity index (χ3v) is 3.41. The van der Waals surface area contributed by atoms with Gasteiger partial charge in [0, 0.05) is 24.9 Å². The molecule has 5 nitrogen and oxygen atoms in total. The SMILES string of the molecule is Cc1[nH]ncc1C(=O)NC(C)C1CCOCC1. The minimum absolute atomic E-state index is 0.0461. The van der Waals surface area contributed by atoms with Crippen molar-refractivity contribution in [2.45, 2.75) is 32.7 Å². The number of amides is 1. The molecule has 2 rings (SSSR count). The predicted molar refractivity (Wildman–Crippen MR) is 63.8 cm³/mol. The smallest absolute Gasteiger partial charge is 0.254 e. The second kappa shape index (κ2) is 5.31. The predicted octanol–water partition coefficient (Wildman–Crippen LogP) is 1.26. The zero-order chi connectivity index (χ0) is 12.3. The summed E-state index contributed by atoms with van der Waals surface area (Å²) in [4.78, 5) is 12.0. The molecule has 17 heavy (non-hydrogen) atoms. The van der Waals surface area contributed by atoms with E-state index in [0.29, 0.717) is 11.5 Å². The number of nitrogens with zero attached hydrogens (tertiary/aromatic N) is 1. The van der Waals surface area contributed by atoms with E-state index in [4.69, 9.17) is 4.74 Å². The van der Waals surface area contributed by atoms with E-state index in [9.17, 15) is 4.79 Å². The lowest BCUT2D eigenvalue weighted by atomic mass is 9.93. The van der Waals surface area contributed by atoms with E-state index < -0.39 is 0 Å². The molecule has 0 radical (unpaired) electrons. The van der Waals surface area contributed by atoms with Crippen LogP contribution in [0.25, 0.3) is 0 Å². The van der Waals surface area contributed by atoms with E-state index in [2.05, 4.69) is 22.4 Å². The molecule has 5 heteroatoms. The lowest BCUT2D eigenvalue weighted by Gasteiger charge is -2.28. The molecule has 0 aliphatic carbocycles. The van der Waals surface area contributed by atoms with Crippen molar-refractivity contribution in [3.05, 3.63) is 17.5 Å². The van der Waals surface area contributed by atoms with Crippen molar-refractivity contribution < 1.29 is 9.53 Å². The van der Waals surface area contributed by atoms with E-state index in [1.807, 2.05) is 6.92 Å². The van der Waals surface area contributed by atoms with Crippen molar-refractivity contribution in [3.63, 3.8) is 0 Å². The van der Waals surface area contributed by atoms with Crippen LogP contribution in [0, 0.1) is 12.8 Å². The van der Waals surface area contributed by atoms with Gasteiger partial charge in [-0.2, -0.15) is 5.10 Å². The highest BCUT2D eigenvalue weighted by Crippen LogP contribution is 2.18. The summed E-state index contributed by atoms with van der Waals surface area (Å²) in [6.07, 6.45) is 3.61. The number of aromatic amines is 1. The summed E-state index contributed by atoms with van der Waals surface area (Å²) in [7, 11) is 0. The van der Waals surface area contributed by atoms with E-state index >= 15 is 0 Å². The average Bonchev–Trinajstić information content (AvgIpc) is 2.76. The molecule has 1 atom stereocenters. The summed E-state index contributed by atoms with van der Waals surface area (Å²) in [5.41, 5.74) is 1.44. The van der Waals surface area contributed by atoms with Gasteiger partial charge in [0.2, 0.25) is 0 Å². The van der Waals surface area contributed by atoms with Crippen LogP contribution in [0.3, 0.4) is 0 Å². The zero-order valence-electron chi connectivity index (χ0n) is 10.3. The van der Waals surface area contributed by atoms with E-state index in [1.54, 1.807) is 6.20 Å².